The lowest BCUT2D eigenvalue weighted by Crippen LogP contribution is -2.25. The van der Waals surface area contributed by atoms with Gasteiger partial charge in [-0.05, 0) is 63.4 Å². The molecule has 170 valence electrons. The molecule has 2 aromatic heterocycles. The van der Waals surface area contributed by atoms with E-state index in [1.807, 2.05) is 56.3 Å². The molecule has 0 aliphatic carbocycles. The predicted octanol–water partition coefficient (Wildman–Crippen LogP) is 4.29. The first-order chi connectivity index (χ1) is 15.9. The highest BCUT2D eigenvalue weighted by atomic mass is 16.5. The van der Waals surface area contributed by atoms with Gasteiger partial charge in [0.25, 0.3) is 5.56 Å². The molecular formula is C26H29N5O2. The largest absolute Gasteiger partial charge is 0.497 e. The molecule has 0 aliphatic rings. The summed E-state index contributed by atoms with van der Waals surface area (Å²) in [6.07, 6.45) is 1.91. The number of hydrogen-bond donors (Lipinski definition) is 1. The number of para-hydroxylation sites is 1. The molecule has 0 spiro atoms. The van der Waals surface area contributed by atoms with Crippen molar-refractivity contribution in [1.29, 1.82) is 0 Å². The lowest BCUT2D eigenvalue weighted by molar-refractivity contribution is 0.414. The molecule has 33 heavy (non-hydrogen) atoms. The fraction of sp³-hybridized carbons (Fsp3) is 0.308. The number of nitrogens with zero attached hydrogens (tertiary/aromatic N) is 4. The molecule has 0 radical (unpaired) electrons. The van der Waals surface area contributed by atoms with E-state index in [0.717, 1.165) is 30.1 Å². The number of anilines is 1. The number of aromatic nitrogens is 4. The van der Waals surface area contributed by atoms with Crippen LogP contribution in [-0.4, -0.2) is 32.7 Å². The van der Waals surface area contributed by atoms with Gasteiger partial charge < -0.3 is 10.1 Å². The van der Waals surface area contributed by atoms with Crippen molar-refractivity contribution in [3.05, 3.63) is 87.9 Å². The van der Waals surface area contributed by atoms with Crippen LogP contribution < -0.4 is 15.6 Å². The quantitative estimate of drug-likeness (QED) is 0.437. The molecule has 0 fully saturated rings. The van der Waals surface area contributed by atoms with E-state index in [1.54, 1.807) is 11.7 Å². The molecule has 0 bridgehead atoms. The van der Waals surface area contributed by atoms with Gasteiger partial charge in [-0.1, -0.05) is 24.3 Å². The Bertz CT molecular complexity index is 1310. The van der Waals surface area contributed by atoms with E-state index in [4.69, 9.17) is 4.74 Å². The molecular weight excluding hydrogens is 414 g/mol. The second kappa shape index (κ2) is 9.81. The molecule has 2 heterocycles. The molecule has 7 nitrogen and oxygen atoms in total. The van der Waals surface area contributed by atoms with Crippen molar-refractivity contribution in [3.8, 4) is 5.75 Å². The van der Waals surface area contributed by atoms with Gasteiger partial charge >= 0.3 is 0 Å². The van der Waals surface area contributed by atoms with Gasteiger partial charge in [0.1, 0.15) is 23.2 Å². The summed E-state index contributed by atoms with van der Waals surface area (Å²) in [6.45, 7) is 6.20. The van der Waals surface area contributed by atoms with Crippen LogP contribution in [0.4, 0.5) is 5.82 Å². The van der Waals surface area contributed by atoms with Crippen LogP contribution in [0.3, 0.4) is 0 Å². The number of methoxy groups -OCH3 is 1. The third kappa shape index (κ3) is 5.37. The first-order valence-electron chi connectivity index (χ1n) is 11.1. The van der Waals surface area contributed by atoms with E-state index in [0.29, 0.717) is 29.1 Å². The van der Waals surface area contributed by atoms with Crippen molar-refractivity contribution in [3.63, 3.8) is 0 Å². The topological polar surface area (TPSA) is 81.9 Å². The summed E-state index contributed by atoms with van der Waals surface area (Å²) in [5.41, 5.74) is 2.69. The van der Waals surface area contributed by atoms with Crippen LogP contribution >= 0.6 is 0 Å². The number of ether oxygens (including phenoxy) is 1. The van der Waals surface area contributed by atoms with Crippen molar-refractivity contribution in [1.82, 2.24) is 19.5 Å². The molecule has 0 saturated carbocycles. The molecule has 0 amide bonds. The molecule has 4 rings (SSSR count). The van der Waals surface area contributed by atoms with Gasteiger partial charge in [0.05, 0.1) is 30.3 Å². The number of rotatable bonds is 8. The Hall–Kier alpha value is -3.74. The van der Waals surface area contributed by atoms with Crippen LogP contribution in [0.1, 0.15) is 36.3 Å². The van der Waals surface area contributed by atoms with Crippen molar-refractivity contribution in [2.24, 2.45) is 0 Å². The Balaban J connectivity index is 1.47. The highest BCUT2D eigenvalue weighted by Crippen LogP contribution is 2.16. The summed E-state index contributed by atoms with van der Waals surface area (Å²) < 4.78 is 6.89. The van der Waals surface area contributed by atoms with Gasteiger partial charge in [-0.15, -0.1) is 0 Å². The summed E-state index contributed by atoms with van der Waals surface area (Å²) in [4.78, 5) is 26.7. The maximum atomic E-state index is 13.0. The summed E-state index contributed by atoms with van der Waals surface area (Å²) in [7, 11) is 1.67. The Morgan fingerprint density at radius 2 is 1.79 bits per heavy atom. The van der Waals surface area contributed by atoms with Gasteiger partial charge in [0.2, 0.25) is 0 Å². The van der Waals surface area contributed by atoms with Crippen LogP contribution in [0.15, 0.2) is 59.4 Å². The van der Waals surface area contributed by atoms with Crippen LogP contribution in [-0.2, 0) is 13.0 Å². The normalized spacial score (nSPS) is 12.0. The van der Waals surface area contributed by atoms with Crippen LogP contribution in [0.25, 0.3) is 10.9 Å². The second-order valence-corrected chi connectivity index (χ2v) is 8.29. The average molecular weight is 444 g/mol. The standard InChI is InChI=1S/C26H29N5O2/c1-17(9-10-20-11-13-22(33-4)14-12-20)27-25-15-21(28-18(2)29-25)16-31-19(3)30-24-8-6-5-7-23(24)26(31)32/h5-8,11-15,17H,9-10,16H2,1-4H3,(H,27,28,29)/t17-/m1/s1. The predicted molar refractivity (Wildman–Crippen MR) is 131 cm³/mol. The van der Waals surface area contributed by atoms with Gasteiger partial charge in [-0.2, -0.15) is 0 Å². The zero-order valence-electron chi connectivity index (χ0n) is 19.5. The highest BCUT2D eigenvalue weighted by molar-refractivity contribution is 5.77. The summed E-state index contributed by atoms with van der Waals surface area (Å²) in [6, 6.07) is 17.7. The Kier molecular flexibility index (Phi) is 6.68. The fourth-order valence-corrected chi connectivity index (χ4v) is 3.91. The summed E-state index contributed by atoms with van der Waals surface area (Å²) in [5.74, 6) is 2.96. The number of aryl methyl sites for hydroxylation is 3. The van der Waals surface area contributed by atoms with Crippen LogP contribution in [0, 0.1) is 13.8 Å². The molecule has 0 saturated heterocycles. The van der Waals surface area contributed by atoms with Gasteiger partial charge in [-0.3, -0.25) is 9.36 Å². The van der Waals surface area contributed by atoms with E-state index in [-0.39, 0.29) is 11.6 Å². The zero-order chi connectivity index (χ0) is 23.4. The molecule has 1 atom stereocenters. The van der Waals surface area contributed by atoms with Gasteiger partial charge in [0, 0.05) is 12.1 Å². The third-order valence-corrected chi connectivity index (χ3v) is 5.68. The first-order valence-corrected chi connectivity index (χ1v) is 11.1. The number of hydrogen-bond acceptors (Lipinski definition) is 6. The maximum Gasteiger partial charge on any atom is 0.261 e. The summed E-state index contributed by atoms with van der Waals surface area (Å²) in [5, 5.41) is 4.09. The van der Waals surface area contributed by atoms with E-state index >= 15 is 0 Å². The molecule has 0 unspecified atom stereocenters. The van der Waals surface area contributed by atoms with E-state index in [2.05, 4.69) is 39.3 Å². The molecule has 1 N–H and O–H groups in total. The molecule has 7 heteroatoms. The Morgan fingerprint density at radius 3 is 2.55 bits per heavy atom. The van der Waals surface area contributed by atoms with Crippen molar-refractivity contribution < 1.29 is 4.74 Å². The number of nitrogens with one attached hydrogen (secondary N) is 1. The van der Waals surface area contributed by atoms with Crippen molar-refractivity contribution in [2.75, 3.05) is 12.4 Å². The maximum absolute atomic E-state index is 13.0. The molecule has 0 aliphatic heterocycles. The minimum absolute atomic E-state index is 0.0586. The molecule has 2 aromatic carbocycles. The average Bonchev–Trinajstić information content (AvgIpc) is 2.80. The minimum atomic E-state index is -0.0586. The third-order valence-electron chi connectivity index (χ3n) is 5.68. The molecule has 4 aromatic rings. The van der Waals surface area contributed by atoms with E-state index < -0.39 is 0 Å². The van der Waals surface area contributed by atoms with Crippen molar-refractivity contribution >= 4 is 16.7 Å². The zero-order valence-corrected chi connectivity index (χ0v) is 19.5. The lowest BCUT2D eigenvalue weighted by Gasteiger charge is -2.16. The van der Waals surface area contributed by atoms with E-state index in [1.165, 1.54) is 5.56 Å². The second-order valence-electron chi connectivity index (χ2n) is 8.29. The van der Waals surface area contributed by atoms with Gasteiger partial charge in [-0.25, -0.2) is 15.0 Å². The number of benzene rings is 2. The smallest absolute Gasteiger partial charge is 0.261 e. The fourth-order valence-electron chi connectivity index (χ4n) is 3.91. The van der Waals surface area contributed by atoms with E-state index in [9.17, 15) is 4.79 Å². The van der Waals surface area contributed by atoms with Crippen molar-refractivity contribution in [2.45, 2.75) is 46.2 Å². The first kappa shape index (κ1) is 22.5. The van der Waals surface area contributed by atoms with Crippen LogP contribution in [0.5, 0.6) is 5.75 Å². The minimum Gasteiger partial charge on any atom is -0.497 e. The summed E-state index contributed by atoms with van der Waals surface area (Å²) >= 11 is 0. The lowest BCUT2D eigenvalue weighted by atomic mass is 10.1. The Morgan fingerprint density at radius 1 is 1.03 bits per heavy atom. The SMILES string of the molecule is COc1ccc(CC[C@@H](C)Nc2cc(Cn3c(C)nc4ccccc4c3=O)nc(C)n2)cc1. The monoisotopic (exact) mass is 443 g/mol. The highest BCUT2D eigenvalue weighted by Gasteiger charge is 2.11. The Labute approximate surface area is 193 Å². The van der Waals surface area contributed by atoms with Crippen LogP contribution in [0.2, 0.25) is 0 Å². The number of fused-ring (bicyclic) bond motifs is 1. The van der Waals surface area contributed by atoms with Gasteiger partial charge in [0.15, 0.2) is 0 Å².